The second-order valence-electron chi connectivity index (χ2n) is 16.4. The SMILES string of the molecule is CC(NC(CC1C2(CO2)C(NC(C)C(=O)N2CCOCC2)CC2[C@]1(C)CC[C@@H](O)[C@@]2(C)CO)C1=C/C(=C\c2cnc(N)[nH]c2=O)OC1=O)C(=O)NC1=NCC=N1. The largest absolute Gasteiger partial charge is 0.423 e. The van der Waals surface area contributed by atoms with E-state index in [1.165, 1.54) is 12.3 Å². The summed E-state index contributed by atoms with van der Waals surface area (Å²) < 4.78 is 17.7. The highest BCUT2D eigenvalue weighted by Crippen LogP contribution is 2.66. The maximum Gasteiger partial charge on any atom is 0.341 e. The van der Waals surface area contributed by atoms with E-state index in [1.807, 2.05) is 13.8 Å². The molecule has 4 fully saturated rings. The number of guanidine groups is 1. The van der Waals surface area contributed by atoms with Gasteiger partial charge in [0.1, 0.15) is 11.4 Å². The average molecular weight is 780 g/mol. The Kier molecular flexibility index (Phi) is 11.1. The number of rotatable bonds is 11. The Hall–Kier alpha value is -4.33. The first-order chi connectivity index (χ1) is 26.7. The maximum absolute atomic E-state index is 13.8. The van der Waals surface area contributed by atoms with Crippen LogP contribution in [0.5, 0.6) is 0 Å². The minimum Gasteiger partial charge on any atom is -0.423 e. The number of epoxide rings is 1. The molecule has 10 atom stereocenters. The van der Waals surface area contributed by atoms with E-state index in [2.05, 4.69) is 42.8 Å². The fourth-order valence-corrected chi connectivity index (χ4v) is 9.82. The van der Waals surface area contributed by atoms with Gasteiger partial charge in [0, 0.05) is 43.0 Å². The van der Waals surface area contributed by atoms with E-state index >= 15 is 0 Å². The number of aliphatic hydroxyl groups excluding tert-OH is 2. The number of allylic oxidation sites excluding steroid dienone is 1. The molecule has 1 aromatic heterocycles. The standard InChI is InChI=1S/C38H53N9O9/c1-20(30(50)46-35-40-7-8-41-35)43-25(24-14-23(56-33(24)53)13-22-17-42-34(39)45-31(22)51)15-27-36(3)6-5-29(49)37(4,18-48)26(36)16-28(38(27)19-55-38)44-21(2)32(52)47-9-11-54-12-10-47/h7,13-14,17,20-21,25-29,43-44,48-49H,5-6,8-12,15-16,18-19H2,1-4H3,(H,41,46,50)(H3,39,42,45,51)/b23-13+/t20?,21?,25?,26?,27?,28?,29-,36+,37+,38?/m1/s1. The van der Waals surface area contributed by atoms with Crippen molar-refractivity contribution < 1.29 is 38.8 Å². The normalized spacial score (nSPS) is 34.7. The molecule has 6 aliphatic rings. The molecule has 304 valence electrons. The molecule has 2 aliphatic carbocycles. The molecule has 2 saturated carbocycles. The molecule has 18 heteroatoms. The molecule has 18 nitrogen and oxygen atoms in total. The van der Waals surface area contributed by atoms with Gasteiger partial charge in [-0.2, -0.15) is 0 Å². The highest BCUT2D eigenvalue weighted by molar-refractivity contribution is 6.04. The summed E-state index contributed by atoms with van der Waals surface area (Å²) in [4.78, 5) is 70.0. The summed E-state index contributed by atoms with van der Waals surface area (Å²) in [6, 6.07) is -2.55. The smallest absolute Gasteiger partial charge is 0.341 e. The number of aromatic nitrogens is 2. The second kappa shape index (κ2) is 15.5. The molecule has 7 unspecified atom stereocenters. The molecule has 2 amide bonds. The third kappa shape index (κ3) is 7.45. The first kappa shape index (κ1) is 39.9. The summed E-state index contributed by atoms with van der Waals surface area (Å²) in [5.41, 5.74) is 3.30. The summed E-state index contributed by atoms with van der Waals surface area (Å²) in [5, 5.41) is 32.1. The zero-order valence-corrected chi connectivity index (χ0v) is 32.2. The van der Waals surface area contributed by atoms with Crippen molar-refractivity contribution in [3.8, 4) is 0 Å². The number of nitrogens with two attached hydrogens (primary N) is 1. The van der Waals surface area contributed by atoms with Crippen molar-refractivity contribution in [2.45, 2.75) is 89.3 Å². The second-order valence-corrected chi connectivity index (χ2v) is 16.4. The Morgan fingerprint density at radius 2 is 1.95 bits per heavy atom. The molecule has 0 aromatic carbocycles. The quantitative estimate of drug-likeness (QED) is 0.108. The van der Waals surface area contributed by atoms with E-state index in [9.17, 15) is 29.4 Å². The van der Waals surface area contributed by atoms with Crippen LogP contribution >= 0.6 is 0 Å². The maximum atomic E-state index is 13.8. The zero-order valence-electron chi connectivity index (χ0n) is 32.2. The van der Waals surface area contributed by atoms with Gasteiger partial charge in [-0.25, -0.2) is 19.8 Å². The first-order valence-corrected chi connectivity index (χ1v) is 19.4. The third-order valence-electron chi connectivity index (χ3n) is 13.1. The van der Waals surface area contributed by atoms with Gasteiger partial charge in [-0.15, -0.1) is 0 Å². The number of nitrogens with zero attached hydrogens (tertiary/aromatic N) is 4. The number of esters is 1. The topological polar surface area (TPSA) is 258 Å². The van der Waals surface area contributed by atoms with Crippen LogP contribution in [0.1, 0.15) is 58.9 Å². The number of nitrogen functional groups attached to an aromatic ring is 1. The van der Waals surface area contributed by atoms with Crippen LogP contribution in [0.25, 0.3) is 6.08 Å². The summed E-state index contributed by atoms with van der Waals surface area (Å²) >= 11 is 0. The molecule has 8 N–H and O–H groups in total. The summed E-state index contributed by atoms with van der Waals surface area (Å²) in [6.07, 6.45) is 6.92. The molecular weight excluding hydrogens is 726 g/mol. The zero-order chi connectivity index (χ0) is 40.0. The van der Waals surface area contributed by atoms with Gasteiger partial charge in [-0.05, 0) is 68.9 Å². The lowest BCUT2D eigenvalue weighted by molar-refractivity contribution is -0.185. The molecule has 1 aromatic rings. The Morgan fingerprint density at radius 3 is 2.61 bits per heavy atom. The van der Waals surface area contributed by atoms with Crippen LogP contribution in [0, 0.1) is 22.7 Å². The Balaban J connectivity index is 1.26. The van der Waals surface area contributed by atoms with Gasteiger partial charge in [0.2, 0.25) is 17.8 Å². The number of anilines is 1. The fraction of sp³-hybridized carbons (Fsp3) is 0.658. The lowest BCUT2D eigenvalue weighted by Gasteiger charge is -2.63. The number of fused-ring (bicyclic) bond motifs is 1. The van der Waals surface area contributed by atoms with E-state index in [0.29, 0.717) is 58.7 Å². The molecule has 1 spiro atoms. The summed E-state index contributed by atoms with van der Waals surface area (Å²) in [5.74, 6) is -1.41. The lowest BCUT2D eigenvalue weighted by atomic mass is 9.43. The minimum atomic E-state index is -0.876. The van der Waals surface area contributed by atoms with Crippen LogP contribution in [0.4, 0.5) is 5.95 Å². The predicted molar refractivity (Wildman–Crippen MR) is 204 cm³/mol. The van der Waals surface area contributed by atoms with Crippen LogP contribution < -0.4 is 27.2 Å². The number of ether oxygens (including phenoxy) is 3. The number of cyclic esters (lactones) is 1. The Morgan fingerprint density at radius 1 is 1.20 bits per heavy atom. The van der Waals surface area contributed by atoms with Crippen molar-refractivity contribution >= 4 is 42.0 Å². The van der Waals surface area contributed by atoms with Crippen LogP contribution in [-0.2, 0) is 28.6 Å². The molecule has 4 aliphatic heterocycles. The van der Waals surface area contributed by atoms with Crippen molar-refractivity contribution in [1.82, 2.24) is 30.8 Å². The van der Waals surface area contributed by atoms with Gasteiger partial charge >= 0.3 is 5.97 Å². The highest BCUT2D eigenvalue weighted by Gasteiger charge is 2.71. The number of morpholine rings is 1. The molecule has 0 bridgehead atoms. The van der Waals surface area contributed by atoms with Crippen molar-refractivity contribution in [1.29, 1.82) is 0 Å². The number of aliphatic hydroxyl groups is 2. The number of H-pyrrole nitrogens is 1. The molecule has 0 radical (unpaired) electrons. The van der Waals surface area contributed by atoms with Crippen LogP contribution in [0.15, 0.2) is 38.4 Å². The van der Waals surface area contributed by atoms with Crippen LogP contribution in [-0.4, -0.2) is 137 Å². The van der Waals surface area contributed by atoms with Gasteiger partial charge in [-0.1, -0.05) is 13.8 Å². The van der Waals surface area contributed by atoms with Gasteiger partial charge < -0.3 is 40.4 Å². The number of amides is 2. The van der Waals surface area contributed by atoms with Crippen molar-refractivity contribution in [2.75, 3.05) is 51.8 Å². The van der Waals surface area contributed by atoms with Gasteiger partial charge in [0.15, 0.2) is 5.95 Å². The number of hydrogen-bond acceptors (Lipinski definition) is 15. The molecule has 56 heavy (non-hydrogen) atoms. The van der Waals surface area contributed by atoms with Crippen LogP contribution in [0.3, 0.4) is 0 Å². The van der Waals surface area contributed by atoms with Crippen molar-refractivity contribution in [3.05, 3.63) is 39.5 Å². The summed E-state index contributed by atoms with van der Waals surface area (Å²) in [7, 11) is 0. The minimum absolute atomic E-state index is 0.0496. The lowest BCUT2D eigenvalue weighted by Crippen LogP contribution is -2.68. The van der Waals surface area contributed by atoms with Gasteiger partial charge in [0.25, 0.3) is 5.56 Å². The molecule has 5 heterocycles. The van der Waals surface area contributed by atoms with Gasteiger partial charge in [0.05, 0.1) is 62.3 Å². The number of aromatic amines is 1. The van der Waals surface area contributed by atoms with Crippen LogP contribution in [0.2, 0.25) is 0 Å². The third-order valence-corrected chi connectivity index (χ3v) is 13.1. The number of carbonyl (C=O) groups is 3. The average Bonchev–Trinajstić information content (AvgIpc) is 3.62. The highest BCUT2D eigenvalue weighted by atomic mass is 16.6. The monoisotopic (exact) mass is 779 g/mol. The summed E-state index contributed by atoms with van der Waals surface area (Å²) in [6.45, 7) is 10.0. The van der Waals surface area contributed by atoms with E-state index in [-0.39, 0.29) is 65.6 Å². The Bertz CT molecular complexity index is 1900. The Labute approximate surface area is 324 Å². The van der Waals surface area contributed by atoms with E-state index < -0.39 is 58.1 Å². The number of hydrogen-bond donors (Lipinski definition) is 7. The number of nitrogens with one attached hydrogen (secondary N) is 4. The molecular formula is C38H53N9O9. The predicted octanol–water partition coefficient (Wildman–Crippen LogP) is -0.760. The van der Waals surface area contributed by atoms with E-state index in [1.54, 1.807) is 24.1 Å². The van der Waals surface area contributed by atoms with Crippen molar-refractivity contribution in [3.63, 3.8) is 0 Å². The van der Waals surface area contributed by atoms with Crippen molar-refractivity contribution in [2.24, 2.45) is 32.7 Å². The van der Waals surface area contributed by atoms with E-state index in [4.69, 9.17) is 19.9 Å². The van der Waals surface area contributed by atoms with Gasteiger partial charge in [-0.3, -0.25) is 30.0 Å². The number of carbonyl (C=O) groups excluding carboxylic acids is 3. The number of aliphatic imine (C=N–C) groups is 2. The fourth-order valence-electron chi connectivity index (χ4n) is 9.82. The first-order valence-electron chi connectivity index (χ1n) is 19.4. The van der Waals surface area contributed by atoms with E-state index in [0.717, 1.165) is 0 Å². The molecule has 2 saturated heterocycles. The molecule has 7 rings (SSSR count).